The number of nitrogens with zero attached hydrogens (tertiary/aromatic N) is 1. The molecule has 2 aromatic carbocycles. The zero-order chi connectivity index (χ0) is 13.7. The van der Waals surface area contributed by atoms with Gasteiger partial charge < -0.3 is 5.32 Å². The number of amides is 1. The molecule has 4 heteroatoms. The Morgan fingerprint density at radius 1 is 1.00 bits per heavy atom. The Labute approximate surface area is 115 Å². The van der Waals surface area contributed by atoms with Crippen molar-refractivity contribution >= 4 is 28.8 Å². The van der Waals surface area contributed by atoms with Gasteiger partial charge in [0.1, 0.15) is 12.1 Å². The van der Waals surface area contributed by atoms with E-state index in [4.69, 9.17) is 0 Å². The normalized spacial score (nSPS) is 18.8. The standard InChI is InChI=1S/C16H10N2O2/c19-9-12-10-5-2-4-8-14(10)18-15(12)17-13-7-3-1-6-11(13)16(18)20/h1-8,15,17H. The molecule has 0 spiro atoms. The van der Waals surface area contributed by atoms with E-state index in [-0.39, 0.29) is 5.91 Å². The summed E-state index contributed by atoms with van der Waals surface area (Å²) in [7, 11) is 0. The van der Waals surface area contributed by atoms with E-state index in [2.05, 4.69) is 5.32 Å². The molecule has 4 nitrogen and oxygen atoms in total. The molecule has 2 heterocycles. The molecule has 2 aromatic rings. The van der Waals surface area contributed by atoms with Gasteiger partial charge in [0.2, 0.25) is 0 Å². The minimum Gasteiger partial charge on any atom is -0.360 e. The first-order valence-corrected chi connectivity index (χ1v) is 6.35. The van der Waals surface area contributed by atoms with Crippen molar-refractivity contribution in [2.45, 2.75) is 6.17 Å². The maximum atomic E-state index is 12.7. The third-order valence-corrected chi connectivity index (χ3v) is 3.76. The van der Waals surface area contributed by atoms with Gasteiger partial charge in [-0.15, -0.1) is 0 Å². The smallest absolute Gasteiger partial charge is 0.262 e. The molecule has 0 bridgehead atoms. The fraction of sp³-hybridized carbons (Fsp3) is 0.0625. The van der Waals surface area contributed by atoms with E-state index in [9.17, 15) is 9.59 Å². The monoisotopic (exact) mass is 262 g/mol. The molecule has 0 fully saturated rings. The number of para-hydroxylation sites is 2. The highest BCUT2D eigenvalue weighted by Gasteiger charge is 2.42. The number of carbonyl (C=O) groups is 1. The van der Waals surface area contributed by atoms with Crippen LogP contribution in [0.2, 0.25) is 0 Å². The lowest BCUT2D eigenvalue weighted by molar-refractivity contribution is 0.0982. The van der Waals surface area contributed by atoms with Crippen LogP contribution in [0.4, 0.5) is 11.4 Å². The summed E-state index contributed by atoms with van der Waals surface area (Å²) < 4.78 is 0. The van der Waals surface area contributed by atoms with Gasteiger partial charge in [-0.2, -0.15) is 0 Å². The van der Waals surface area contributed by atoms with E-state index in [0.29, 0.717) is 11.1 Å². The summed E-state index contributed by atoms with van der Waals surface area (Å²) in [6, 6.07) is 14.7. The Morgan fingerprint density at radius 2 is 1.70 bits per heavy atom. The van der Waals surface area contributed by atoms with Crippen LogP contribution in [-0.2, 0) is 4.79 Å². The van der Waals surface area contributed by atoms with E-state index in [1.165, 1.54) is 0 Å². The van der Waals surface area contributed by atoms with Crippen molar-refractivity contribution < 1.29 is 9.59 Å². The average Bonchev–Trinajstić information content (AvgIpc) is 2.81. The van der Waals surface area contributed by atoms with Crippen LogP contribution in [-0.4, -0.2) is 18.0 Å². The van der Waals surface area contributed by atoms with Crippen LogP contribution in [0.15, 0.2) is 48.5 Å². The number of hydrogen-bond acceptors (Lipinski definition) is 3. The molecule has 1 unspecified atom stereocenters. The van der Waals surface area contributed by atoms with Gasteiger partial charge in [0.05, 0.1) is 16.8 Å². The summed E-state index contributed by atoms with van der Waals surface area (Å²) in [5.41, 5.74) is 3.36. The van der Waals surface area contributed by atoms with E-state index < -0.39 is 6.17 Å². The number of rotatable bonds is 0. The van der Waals surface area contributed by atoms with E-state index >= 15 is 0 Å². The molecule has 0 aliphatic carbocycles. The molecule has 0 saturated carbocycles. The Balaban J connectivity index is 1.97. The van der Waals surface area contributed by atoms with Gasteiger partial charge in [-0.05, 0) is 18.2 Å². The maximum absolute atomic E-state index is 12.7. The Bertz CT molecular complexity index is 791. The number of nitrogens with one attached hydrogen (secondary N) is 1. The minimum absolute atomic E-state index is 0.0953. The first-order valence-electron chi connectivity index (χ1n) is 6.35. The number of carbonyl (C=O) groups excluding carboxylic acids is 2. The van der Waals surface area contributed by atoms with Gasteiger partial charge in [0, 0.05) is 11.3 Å². The highest BCUT2D eigenvalue weighted by Crippen LogP contribution is 2.43. The van der Waals surface area contributed by atoms with E-state index in [0.717, 1.165) is 16.9 Å². The van der Waals surface area contributed by atoms with Crippen LogP contribution in [0.3, 0.4) is 0 Å². The highest BCUT2D eigenvalue weighted by atomic mass is 16.2. The minimum atomic E-state index is -0.465. The molecule has 2 aliphatic heterocycles. The highest BCUT2D eigenvalue weighted by molar-refractivity contribution is 6.19. The van der Waals surface area contributed by atoms with Crippen LogP contribution in [0.25, 0.3) is 5.57 Å². The quantitative estimate of drug-likeness (QED) is 0.741. The van der Waals surface area contributed by atoms with Crippen LogP contribution in [0.5, 0.6) is 0 Å². The van der Waals surface area contributed by atoms with Gasteiger partial charge >= 0.3 is 0 Å². The van der Waals surface area contributed by atoms with Gasteiger partial charge in [0.25, 0.3) is 5.91 Å². The molecule has 4 rings (SSSR count). The summed E-state index contributed by atoms with van der Waals surface area (Å²) in [5.74, 6) is 1.89. The lowest BCUT2D eigenvalue weighted by atomic mass is 10.1. The predicted molar refractivity (Wildman–Crippen MR) is 76.2 cm³/mol. The summed E-state index contributed by atoms with van der Waals surface area (Å²) >= 11 is 0. The number of benzene rings is 2. The van der Waals surface area contributed by atoms with E-state index in [1.807, 2.05) is 48.4 Å². The van der Waals surface area contributed by atoms with E-state index in [1.54, 1.807) is 11.0 Å². The molecule has 1 N–H and O–H groups in total. The molecule has 2 aliphatic rings. The van der Waals surface area contributed by atoms with Crippen LogP contribution in [0.1, 0.15) is 15.9 Å². The zero-order valence-electron chi connectivity index (χ0n) is 10.5. The molecule has 0 radical (unpaired) electrons. The lowest BCUT2D eigenvalue weighted by Crippen LogP contribution is -2.46. The zero-order valence-corrected chi connectivity index (χ0v) is 10.5. The van der Waals surface area contributed by atoms with Crippen LogP contribution >= 0.6 is 0 Å². The largest absolute Gasteiger partial charge is 0.360 e. The summed E-state index contributed by atoms with van der Waals surface area (Å²) in [5, 5.41) is 3.24. The first-order chi connectivity index (χ1) is 9.81. The summed E-state index contributed by atoms with van der Waals surface area (Å²) in [4.78, 5) is 25.6. The number of hydrogen-bond donors (Lipinski definition) is 1. The molecule has 20 heavy (non-hydrogen) atoms. The third-order valence-electron chi connectivity index (χ3n) is 3.76. The fourth-order valence-corrected chi connectivity index (χ4v) is 2.87. The SMILES string of the molecule is O=C=C1c2ccccc2N2C(=O)c3ccccc3NC12. The second-order valence-electron chi connectivity index (χ2n) is 4.80. The number of anilines is 2. The van der Waals surface area contributed by atoms with Gasteiger partial charge in [-0.3, -0.25) is 9.69 Å². The molecule has 96 valence electrons. The molecule has 1 amide bonds. The summed E-state index contributed by atoms with van der Waals surface area (Å²) in [6.45, 7) is 0. The molecular formula is C16H10N2O2. The molecular weight excluding hydrogens is 252 g/mol. The van der Waals surface area contributed by atoms with Crippen molar-refractivity contribution in [2.24, 2.45) is 0 Å². The average molecular weight is 262 g/mol. The fourth-order valence-electron chi connectivity index (χ4n) is 2.87. The Hall–Kier alpha value is -2.84. The Morgan fingerprint density at radius 3 is 2.50 bits per heavy atom. The lowest BCUT2D eigenvalue weighted by Gasteiger charge is -2.32. The van der Waals surface area contributed by atoms with Gasteiger partial charge in [0.15, 0.2) is 0 Å². The molecule has 0 aromatic heterocycles. The van der Waals surface area contributed by atoms with Crippen LogP contribution in [0, 0.1) is 0 Å². The summed E-state index contributed by atoms with van der Waals surface area (Å²) in [6.07, 6.45) is -0.465. The van der Waals surface area contributed by atoms with Gasteiger partial charge in [-0.25, -0.2) is 4.79 Å². The number of fused-ring (bicyclic) bond motifs is 4. The van der Waals surface area contributed by atoms with Gasteiger partial charge in [-0.1, -0.05) is 30.3 Å². The Kier molecular flexibility index (Phi) is 2.11. The maximum Gasteiger partial charge on any atom is 0.262 e. The van der Waals surface area contributed by atoms with Crippen LogP contribution < -0.4 is 10.2 Å². The van der Waals surface area contributed by atoms with Crippen molar-refractivity contribution in [1.82, 2.24) is 0 Å². The second kappa shape index (κ2) is 3.83. The van der Waals surface area contributed by atoms with Crippen molar-refractivity contribution in [3.63, 3.8) is 0 Å². The molecule has 1 atom stereocenters. The third kappa shape index (κ3) is 1.26. The molecule has 0 saturated heterocycles. The van der Waals surface area contributed by atoms with Crippen molar-refractivity contribution in [1.29, 1.82) is 0 Å². The van der Waals surface area contributed by atoms with Crippen molar-refractivity contribution in [3.8, 4) is 0 Å². The second-order valence-corrected chi connectivity index (χ2v) is 4.80. The van der Waals surface area contributed by atoms with Crippen molar-refractivity contribution in [3.05, 3.63) is 59.7 Å². The predicted octanol–water partition coefficient (Wildman–Crippen LogP) is 2.31. The topological polar surface area (TPSA) is 49.4 Å². The first kappa shape index (κ1) is 11.0. The van der Waals surface area contributed by atoms with Crippen molar-refractivity contribution in [2.75, 3.05) is 10.2 Å².